The number of aromatic amines is 1. The molecule has 0 aliphatic heterocycles. The zero-order valence-electron chi connectivity index (χ0n) is 20.7. The second-order valence-electron chi connectivity index (χ2n) is 9.13. The molecule has 0 bridgehead atoms. The minimum absolute atomic E-state index is 0.0645. The fourth-order valence-electron chi connectivity index (χ4n) is 4.41. The number of nitrogens with zero attached hydrogens (tertiary/aromatic N) is 2. The molecule has 3 aromatic carbocycles. The van der Waals surface area contributed by atoms with E-state index in [1.807, 2.05) is 66.2 Å². The van der Waals surface area contributed by atoms with Crippen LogP contribution in [0.1, 0.15) is 35.3 Å². The molecule has 0 radical (unpaired) electrons. The van der Waals surface area contributed by atoms with Gasteiger partial charge in [-0.15, -0.1) is 0 Å². The number of amides is 1. The van der Waals surface area contributed by atoms with Crippen molar-refractivity contribution in [3.05, 3.63) is 99.0 Å². The van der Waals surface area contributed by atoms with Crippen LogP contribution in [0.15, 0.2) is 72.8 Å². The molecule has 198 valence electrons. The Morgan fingerprint density at radius 1 is 0.949 bits per heavy atom. The van der Waals surface area contributed by atoms with E-state index < -0.39 is 5.97 Å². The molecule has 1 atom stereocenters. The summed E-state index contributed by atoms with van der Waals surface area (Å²) in [5, 5.41) is 19.0. The van der Waals surface area contributed by atoms with Gasteiger partial charge in [0.1, 0.15) is 0 Å². The highest BCUT2D eigenvalue weighted by molar-refractivity contribution is 6.35. The van der Waals surface area contributed by atoms with E-state index >= 15 is 0 Å². The number of H-pyrrole nitrogens is 1. The van der Waals surface area contributed by atoms with E-state index in [0.29, 0.717) is 26.3 Å². The molecule has 2 aromatic heterocycles. The predicted octanol–water partition coefficient (Wildman–Crippen LogP) is 7.47. The summed E-state index contributed by atoms with van der Waals surface area (Å²) in [7, 11) is 0. The molecule has 2 heterocycles. The van der Waals surface area contributed by atoms with Gasteiger partial charge in [0.15, 0.2) is 0 Å². The molecule has 1 amide bonds. The molecular formula is C29H23Cl3N4O3. The molecule has 10 heteroatoms. The molecule has 3 N–H and O–H groups in total. The highest BCUT2D eigenvalue weighted by atomic mass is 35.5. The number of fused-ring (bicyclic) bond motifs is 1. The van der Waals surface area contributed by atoms with Crippen molar-refractivity contribution in [2.75, 3.05) is 6.54 Å². The van der Waals surface area contributed by atoms with Crippen LogP contribution in [0, 0.1) is 0 Å². The van der Waals surface area contributed by atoms with Crippen LogP contribution in [0.25, 0.3) is 33.5 Å². The molecule has 0 aliphatic rings. The number of carbonyl (C=O) groups is 2. The molecule has 0 saturated heterocycles. The average Bonchev–Trinajstić information content (AvgIpc) is 3.52. The molecule has 0 saturated carbocycles. The van der Waals surface area contributed by atoms with Gasteiger partial charge in [-0.05, 0) is 73.2 Å². The maximum Gasteiger partial charge on any atom is 0.305 e. The summed E-state index contributed by atoms with van der Waals surface area (Å²) in [6, 6.07) is 21.9. The second kappa shape index (κ2) is 11.1. The van der Waals surface area contributed by atoms with E-state index in [-0.39, 0.29) is 24.9 Å². The Morgan fingerprint density at radius 2 is 1.67 bits per heavy atom. The van der Waals surface area contributed by atoms with Crippen LogP contribution >= 0.6 is 34.8 Å². The van der Waals surface area contributed by atoms with Crippen molar-refractivity contribution >= 4 is 57.6 Å². The minimum atomic E-state index is -0.966. The molecule has 5 rings (SSSR count). The molecule has 7 nitrogen and oxygen atoms in total. The van der Waals surface area contributed by atoms with Gasteiger partial charge in [-0.2, -0.15) is 5.10 Å². The summed E-state index contributed by atoms with van der Waals surface area (Å²) in [4.78, 5) is 26.6. The van der Waals surface area contributed by atoms with Gasteiger partial charge < -0.3 is 15.4 Å². The highest BCUT2D eigenvalue weighted by Gasteiger charge is 2.20. The van der Waals surface area contributed by atoms with E-state index in [9.17, 15) is 9.59 Å². The summed E-state index contributed by atoms with van der Waals surface area (Å²) in [5.41, 5.74) is 5.51. The number of carboxylic acids is 1. The minimum Gasteiger partial charge on any atom is -0.481 e. The Balaban J connectivity index is 1.52. The van der Waals surface area contributed by atoms with E-state index in [1.54, 1.807) is 18.2 Å². The number of halogens is 3. The van der Waals surface area contributed by atoms with Crippen LogP contribution in [0.4, 0.5) is 0 Å². The lowest BCUT2D eigenvalue weighted by Crippen LogP contribution is -2.26. The van der Waals surface area contributed by atoms with Crippen LogP contribution < -0.4 is 5.32 Å². The Hall–Kier alpha value is -3.78. The number of aliphatic carboxylic acids is 1. The molecule has 0 spiro atoms. The van der Waals surface area contributed by atoms with Gasteiger partial charge in [0.25, 0.3) is 5.91 Å². The van der Waals surface area contributed by atoms with Crippen LogP contribution in [-0.4, -0.2) is 38.3 Å². The molecule has 39 heavy (non-hydrogen) atoms. The molecule has 0 fully saturated rings. The number of hydrogen-bond acceptors (Lipinski definition) is 3. The largest absolute Gasteiger partial charge is 0.481 e. The lowest BCUT2D eigenvalue weighted by molar-refractivity contribution is -0.136. The van der Waals surface area contributed by atoms with Crippen molar-refractivity contribution in [1.82, 2.24) is 20.1 Å². The van der Waals surface area contributed by atoms with E-state index in [1.165, 1.54) is 0 Å². The van der Waals surface area contributed by atoms with Gasteiger partial charge >= 0.3 is 5.97 Å². The molecule has 1 unspecified atom stereocenters. The second-order valence-corrected chi connectivity index (χ2v) is 10.4. The van der Waals surface area contributed by atoms with Crippen LogP contribution in [0.5, 0.6) is 0 Å². The standard InChI is InChI=1S/C29H23Cl3N4O3/c1-16(17-2-4-18(5-3-17)29(39)33-9-8-28(37)38)36-27(26-13-20-10-21(30)6-7-24(20)34-26)15-25(35-36)19-11-22(31)14-23(32)12-19/h2-7,10-16,34H,8-9H2,1H3,(H,33,39)(H,37,38). The van der Waals surface area contributed by atoms with Gasteiger partial charge in [-0.1, -0.05) is 46.9 Å². The number of rotatable bonds is 8. The first-order chi connectivity index (χ1) is 18.7. The fourth-order valence-corrected chi connectivity index (χ4v) is 5.12. The zero-order chi connectivity index (χ0) is 27.7. The lowest BCUT2D eigenvalue weighted by atomic mass is 10.1. The summed E-state index contributed by atoms with van der Waals surface area (Å²) >= 11 is 18.8. The SMILES string of the molecule is CC(c1ccc(C(=O)NCCC(=O)O)cc1)n1nc(-c2cc(Cl)cc(Cl)c2)cc1-c1cc2cc(Cl)ccc2[nH]1. The van der Waals surface area contributed by atoms with Crippen LogP contribution in [0.3, 0.4) is 0 Å². The predicted molar refractivity (Wildman–Crippen MR) is 155 cm³/mol. The first kappa shape index (κ1) is 26.8. The quantitative estimate of drug-likeness (QED) is 0.177. The summed E-state index contributed by atoms with van der Waals surface area (Å²) < 4.78 is 1.92. The molecular weight excluding hydrogens is 559 g/mol. The van der Waals surface area contributed by atoms with Crippen LogP contribution in [0.2, 0.25) is 15.1 Å². The van der Waals surface area contributed by atoms with Crippen molar-refractivity contribution in [2.24, 2.45) is 0 Å². The Labute approximate surface area is 239 Å². The summed E-state index contributed by atoms with van der Waals surface area (Å²) in [6.07, 6.45) is -0.136. The maximum atomic E-state index is 12.4. The van der Waals surface area contributed by atoms with Crippen molar-refractivity contribution in [3.63, 3.8) is 0 Å². The summed E-state index contributed by atoms with van der Waals surface area (Å²) in [6.45, 7) is 2.08. The van der Waals surface area contributed by atoms with Crippen molar-refractivity contribution < 1.29 is 14.7 Å². The third-order valence-electron chi connectivity index (χ3n) is 6.40. The van der Waals surface area contributed by atoms with E-state index in [4.69, 9.17) is 45.0 Å². The Morgan fingerprint density at radius 3 is 2.36 bits per heavy atom. The number of carboxylic acid groups (broad SMARTS) is 1. The smallest absolute Gasteiger partial charge is 0.305 e. The van der Waals surface area contributed by atoms with Gasteiger partial charge in [0.2, 0.25) is 0 Å². The average molecular weight is 582 g/mol. The third kappa shape index (κ3) is 5.96. The lowest BCUT2D eigenvalue weighted by Gasteiger charge is -2.16. The zero-order valence-corrected chi connectivity index (χ0v) is 23.0. The number of hydrogen-bond donors (Lipinski definition) is 3. The van der Waals surface area contributed by atoms with E-state index in [0.717, 1.165) is 33.4 Å². The number of carbonyl (C=O) groups excluding carboxylic acids is 1. The topological polar surface area (TPSA) is 100 Å². The van der Waals surface area contributed by atoms with Gasteiger partial charge in [0.05, 0.1) is 29.5 Å². The van der Waals surface area contributed by atoms with Crippen molar-refractivity contribution in [3.8, 4) is 22.6 Å². The molecule has 0 aliphatic carbocycles. The maximum absolute atomic E-state index is 12.4. The monoisotopic (exact) mass is 580 g/mol. The summed E-state index contributed by atoms with van der Waals surface area (Å²) in [5.74, 6) is -1.29. The van der Waals surface area contributed by atoms with Crippen molar-refractivity contribution in [1.29, 1.82) is 0 Å². The van der Waals surface area contributed by atoms with E-state index in [2.05, 4.69) is 10.3 Å². The van der Waals surface area contributed by atoms with Crippen molar-refractivity contribution in [2.45, 2.75) is 19.4 Å². The van der Waals surface area contributed by atoms with Gasteiger partial charge in [-0.25, -0.2) is 0 Å². The van der Waals surface area contributed by atoms with Crippen LogP contribution in [-0.2, 0) is 4.79 Å². The van der Waals surface area contributed by atoms with Gasteiger partial charge in [-0.3, -0.25) is 14.3 Å². The third-order valence-corrected chi connectivity index (χ3v) is 7.07. The number of aromatic nitrogens is 3. The normalized spacial score (nSPS) is 12.0. The molecule has 5 aromatic rings. The first-order valence-corrected chi connectivity index (χ1v) is 13.3. The number of nitrogens with one attached hydrogen (secondary N) is 2. The fraction of sp³-hybridized carbons (Fsp3) is 0.138. The van der Waals surface area contributed by atoms with Gasteiger partial charge in [0, 0.05) is 43.6 Å². The Kier molecular flexibility index (Phi) is 7.66. The first-order valence-electron chi connectivity index (χ1n) is 12.1. The highest BCUT2D eigenvalue weighted by Crippen LogP contribution is 2.34. The number of benzene rings is 3. The Bertz CT molecular complexity index is 1670.